The second-order valence-electron chi connectivity index (χ2n) is 8.37. The van der Waals surface area contributed by atoms with Gasteiger partial charge in [0.15, 0.2) is 11.5 Å². The van der Waals surface area contributed by atoms with E-state index in [-0.39, 0.29) is 10.8 Å². The third-order valence-electron chi connectivity index (χ3n) is 5.92. The number of thioether (sulfide) groups is 1. The summed E-state index contributed by atoms with van der Waals surface area (Å²) >= 11 is 6.32. The van der Waals surface area contributed by atoms with Gasteiger partial charge in [-0.05, 0) is 60.1 Å². The van der Waals surface area contributed by atoms with Gasteiger partial charge in [-0.15, -0.1) is 0 Å². The molecule has 0 bridgehead atoms. The molecule has 0 fully saturated rings. The van der Waals surface area contributed by atoms with Crippen LogP contribution in [0.3, 0.4) is 0 Å². The predicted octanol–water partition coefficient (Wildman–Crippen LogP) is 5.49. The number of hydrogen-bond acceptors (Lipinski definition) is 9. The summed E-state index contributed by atoms with van der Waals surface area (Å²) in [6.45, 7) is 1.64. The van der Waals surface area contributed by atoms with Gasteiger partial charge >= 0.3 is 0 Å². The van der Waals surface area contributed by atoms with E-state index < -0.39 is 22.3 Å². The molecule has 0 aliphatic heterocycles. The topological polar surface area (TPSA) is 115 Å². The maximum absolute atomic E-state index is 12.7. The largest absolute Gasteiger partial charge is 0.493 e. The molecule has 0 heterocycles. The number of methoxy groups -OCH3 is 1. The number of nitro groups is 1. The number of nitrogens with zero attached hydrogens (tertiary/aromatic N) is 2. The molecular formula is C28H28N2O6S2. The Morgan fingerprint density at radius 3 is 2.42 bits per heavy atom. The van der Waals surface area contributed by atoms with Crippen LogP contribution in [-0.4, -0.2) is 40.3 Å². The highest BCUT2D eigenvalue weighted by Crippen LogP contribution is 2.44. The van der Waals surface area contributed by atoms with E-state index in [9.17, 15) is 20.5 Å². The van der Waals surface area contributed by atoms with E-state index in [0.717, 1.165) is 17.3 Å². The number of thiocarbonyl (C=S) groups is 1. The lowest BCUT2D eigenvalue weighted by Crippen LogP contribution is -2.49. The normalized spacial score (nSPS) is 13.0. The fourth-order valence-corrected chi connectivity index (χ4v) is 5.49. The lowest BCUT2D eigenvalue weighted by Gasteiger charge is -2.32. The molecule has 2 unspecified atom stereocenters. The number of benzene rings is 3. The van der Waals surface area contributed by atoms with Crippen LogP contribution in [0.2, 0.25) is 0 Å². The molecule has 38 heavy (non-hydrogen) atoms. The summed E-state index contributed by atoms with van der Waals surface area (Å²) in [6, 6.07) is 23.2. The molecule has 0 saturated heterocycles. The van der Waals surface area contributed by atoms with Crippen molar-refractivity contribution in [2.45, 2.75) is 30.7 Å². The smallest absolute Gasteiger partial charge is 0.264 e. The van der Waals surface area contributed by atoms with E-state index in [1.54, 1.807) is 49.4 Å². The van der Waals surface area contributed by atoms with E-state index >= 15 is 0 Å². The van der Waals surface area contributed by atoms with Crippen LogP contribution in [0.4, 0.5) is 0 Å². The summed E-state index contributed by atoms with van der Waals surface area (Å²) in [7, 11) is 1.50. The minimum atomic E-state index is -1.86. The van der Waals surface area contributed by atoms with Crippen LogP contribution in [0.15, 0.2) is 72.8 Å². The first-order valence-electron chi connectivity index (χ1n) is 11.8. The molecule has 0 aliphatic carbocycles. The lowest BCUT2D eigenvalue weighted by atomic mass is 9.85. The van der Waals surface area contributed by atoms with Gasteiger partial charge in [0.2, 0.25) is 4.38 Å². The highest BCUT2D eigenvalue weighted by Gasteiger charge is 2.52. The quantitative estimate of drug-likeness (QED) is 0.177. The van der Waals surface area contributed by atoms with Gasteiger partial charge in [0.05, 0.1) is 25.3 Å². The summed E-state index contributed by atoms with van der Waals surface area (Å²) in [4.78, 5) is 12.2. The summed E-state index contributed by atoms with van der Waals surface area (Å²) in [6.07, 6.45) is -0.127. The van der Waals surface area contributed by atoms with Crippen molar-refractivity contribution in [2.24, 2.45) is 0 Å². The van der Waals surface area contributed by atoms with Gasteiger partial charge in [-0.25, -0.2) is 0 Å². The Hall–Kier alpha value is -3.65. The highest BCUT2D eigenvalue weighted by molar-refractivity contribution is 8.22. The first kappa shape index (κ1) is 28.9. The molecule has 8 nitrogen and oxygen atoms in total. The molecule has 1 N–H and O–H groups in total. The average Bonchev–Trinajstić information content (AvgIpc) is 2.94. The minimum Gasteiger partial charge on any atom is -0.493 e. The van der Waals surface area contributed by atoms with Crippen LogP contribution in [0.25, 0.3) is 0 Å². The Balaban J connectivity index is 1.97. The number of rotatable bonds is 12. The molecular weight excluding hydrogens is 524 g/mol. The van der Waals surface area contributed by atoms with Crippen molar-refractivity contribution >= 4 is 28.4 Å². The van der Waals surface area contributed by atoms with Crippen LogP contribution in [0.1, 0.15) is 34.4 Å². The zero-order valence-corrected chi connectivity index (χ0v) is 22.7. The Bertz CT molecular complexity index is 1280. The second-order valence-corrected chi connectivity index (χ2v) is 10.1. The molecule has 0 aliphatic rings. The van der Waals surface area contributed by atoms with Crippen molar-refractivity contribution in [1.29, 1.82) is 5.26 Å². The minimum absolute atomic E-state index is 0.127. The zero-order chi connectivity index (χ0) is 27.5. The van der Waals surface area contributed by atoms with Gasteiger partial charge in [0.25, 0.3) is 5.54 Å². The summed E-state index contributed by atoms with van der Waals surface area (Å²) in [5, 5.41) is 31.5. The first-order valence-corrected chi connectivity index (χ1v) is 13.1. The van der Waals surface area contributed by atoms with Crippen molar-refractivity contribution in [3.05, 3.63) is 105 Å². The highest BCUT2D eigenvalue weighted by atomic mass is 32.2. The molecule has 2 atom stereocenters. The number of ether oxygens (including phenoxy) is 3. The number of aliphatic hydroxyl groups is 1. The van der Waals surface area contributed by atoms with Gasteiger partial charge in [-0.1, -0.05) is 60.3 Å². The van der Waals surface area contributed by atoms with E-state index in [0.29, 0.717) is 41.4 Å². The van der Waals surface area contributed by atoms with E-state index in [2.05, 4.69) is 0 Å². The van der Waals surface area contributed by atoms with Crippen molar-refractivity contribution in [3.63, 3.8) is 0 Å². The number of nitriles is 1. The Kier molecular flexibility index (Phi) is 10.5. The molecule has 10 heteroatoms. The van der Waals surface area contributed by atoms with Gasteiger partial charge in [0, 0.05) is 11.3 Å². The summed E-state index contributed by atoms with van der Waals surface area (Å²) in [5.41, 5.74) is 0.644. The Labute approximate surface area is 231 Å². The van der Waals surface area contributed by atoms with Crippen LogP contribution < -0.4 is 9.47 Å². The molecule has 0 aromatic heterocycles. The third-order valence-corrected chi connectivity index (χ3v) is 7.58. The molecule has 3 aromatic rings. The van der Waals surface area contributed by atoms with Crippen molar-refractivity contribution in [3.8, 4) is 17.6 Å². The monoisotopic (exact) mass is 552 g/mol. The molecule has 3 aromatic carbocycles. The summed E-state index contributed by atoms with van der Waals surface area (Å²) < 4.78 is 17.0. The van der Waals surface area contributed by atoms with Gasteiger partial charge in [-0.2, -0.15) is 5.26 Å². The van der Waals surface area contributed by atoms with E-state index in [1.165, 1.54) is 7.11 Å². The standard InChI is InChI=1S/C28H28N2O6S2/c1-3-35-27(37)38-26(23-12-9-20(17-29)10-13-23)28(19-31,30(32)33)16-22-11-14-24(25(15-22)34-2)36-18-21-7-5-4-6-8-21/h4-15,26,31H,3,16,18-19H2,1-2H3. The molecule has 0 saturated carbocycles. The summed E-state index contributed by atoms with van der Waals surface area (Å²) in [5.74, 6) is 0.910. The van der Waals surface area contributed by atoms with Crippen LogP contribution in [-0.2, 0) is 17.8 Å². The van der Waals surface area contributed by atoms with Gasteiger partial charge < -0.3 is 19.3 Å². The lowest BCUT2D eigenvalue weighted by molar-refractivity contribution is -0.573. The van der Waals surface area contributed by atoms with Gasteiger partial charge in [0.1, 0.15) is 18.5 Å². The second kappa shape index (κ2) is 13.8. The maximum atomic E-state index is 12.7. The molecule has 0 radical (unpaired) electrons. The predicted molar refractivity (Wildman–Crippen MR) is 150 cm³/mol. The van der Waals surface area contributed by atoms with Crippen LogP contribution in [0.5, 0.6) is 11.5 Å². The molecule has 0 spiro atoms. The molecule has 3 rings (SSSR count). The number of aliphatic hydroxyl groups excluding tert-OH is 1. The zero-order valence-electron chi connectivity index (χ0n) is 21.0. The van der Waals surface area contributed by atoms with Crippen LogP contribution >= 0.6 is 24.0 Å². The molecule has 0 amide bonds. The van der Waals surface area contributed by atoms with Crippen molar-refractivity contribution < 1.29 is 24.2 Å². The first-order chi connectivity index (χ1) is 18.4. The third kappa shape index (κ3) is 7.01. The SMILES string of the molecule is CCOC(=S)SC(c1ccc(C#N)cc1)C(CO)(Cc1ccc(OCc2ccccc2)c(OC)c1)[N+](=O)[O-]. The Morgan fingerprint density at radius 1 is 1.13 bits per heavy atom. The van der Waals surface area contributed by atoms with Crippen LogP contribution in [0, 0.1) is 21.4 Å². The van der Waals surface area contributed by atoms with E-state index in [4.69, 9.17) is 26.4 Å². The average molecular weight is 553 g/mol. The van der Waals surface area contributed by atoms with Crippen molar-refractivity contribution in [1.82, 2.24) is 0 Å². The fraction of sp³-hybridized carbons (Fsp3) is 0.286. The van der Waals surface area contributed by atoms with E-state index in [1.807, 2.05) is 36.4 Å². The van der Waals surface area contributed by atoms with Crippen molar-refractivity contribution in [2.75, 3.05) is 20.3 Å². The Morgan fingerprint density at radius 2 is 1.84 bits per heavy atom. The maximum Gasteiger partial charge on any atom is 0.264 e. The van der Waals surface area contributed by atoms with Gasteiger partial charge in [-0.3, -0.25) is 10.1 Å². The molecule has 198 valence electrons. The number of hydrogen-bond donors (Lipinski definition) is 1. The fourth-order valence-electron chi connectivity index (χ4n) is 3.95.